The van der Waals surface area contributed by atoms with E-state index in [0.717, 1.165) is 0 Å². The van der Waals surface area contributed by atoms with Crippen molar-refractivity contribution < 1.29 is 14.3 Å². The Morgan fingerprint density at radius 2 is 1.83 bits per heavy atom. The molecule has 2 aromatic heterocycles. The van der Waals surface area contributed by atoms with Gasteiger partial charge >= 0.3 is 5.97 Å². The minimum absolute atomic E-state index is 0.314. The summed E-state index contributed by atoms with van der Waals surface area (Å²) in [5.74, 6) is -1.33. The molecule has 1 atom stereocenters. The second-order valence-corrected chi connectivity index (χ2v) is 5.24. The molecule has 0 radical (unpaired) electrons. The first-order chi connectivity index (χ1) is 11.6. The van der Waals surface area contributed by atoms with E-state index in [0.29, 0.717) is 27.9 Å². The minimum Gasteiger partial charge on any atom is -0.449 e. The maximum atomic E-state index is 12.5. The van der Waals surface area contributed by atoms with Crippen molar-refractivity contribution in [3.05, 3.63) is 60.3 Å². The van der Waals surface area contributed by atoms with Gasteiger partial charge in [-0.1, -0.05) is 24.3 Å². The molecule has 1 aromatic carbocycles. The van der Waals surface area contributed by atoms with Gasteiger partial charge < -0.3 is 10.5 Å². The van der Waals surface area contributed by atoms with Crippen LogP contribution in [-0.4, -0.2) is 27.9 Å². The van der Waals surface area contributed by atoms with Crippen molar-refractivity contribution in [2.75, 3.05) is 0 Å². The number of benzene rings is 1. The summed E-state index contributed by atoms with van der Waals surface area (Å²) in [6.07, 6.45) is 0.641. The van der Waals surface area contributed by atoms with Gasteiger partial charge in [0.15, 0.2) is 6.10 Å². The number of pyridine rings is 2. The SMILES string of the molecule is C[C@H](OC(=O)c1cc(-c2ccccn2)nc2ccccc12)C(N)=O. The molecule has 0 saturated heterocycles. The zero-order valence-corrected chi connectivity index (χ0v) is 13.0. The fraction of sp³-hybridized carbons (Fsp3) is 0.111. The normalized spacial score (nSPS) is 11.9. The highest BCUT2D eigenvalue weighted by Gasteiger charge is 2.20. The van der Waals surface area contributed by atoms with Crippen LogP contribution in [0.5, 0.6) is 0 Å². The van der Waals surface area contributed by atoms with Crippen LogP contribution < -0.4 is 5.73 Å². The first-order valence-corrected chi connectivity index (χ1v) is 7.38. The Bertz CT molecular complexity index is 910. The van der Waals surface area contributed by atoms with Gasteiger partial charge in [0, 0.05) is 11.6 Å². The van der Waals surface area contributed by atoms with Gasteiger partial charge in [0.05, 0.1) is 22.5 Å². The Labute approximate surface area is 138 Å². The zero-order valence-electron chi connectivity index (χ0n) is 13.0. The number of nitrogens with zero attached hydrogens (tertiary/aromatic N) is 2. The molecule has 2 N–H and O–H groups in total. The Morgan fingerprint density at radius 1 is 1.08 bits per heavy atom. The number of carbonyl (C=O) groups is 2. The van der Waals surface area contributed by atoms with Crippen LogP contribution in [0, 0.1) is 0 Å². The van der Waals surface area contributed by atoms with E-state index in [1.165, 1.54) is 6.92 Å². The number of fused-ring (bicyclic) bond motifs is 1. The molecule has 6 nitrogen and oxygen atoms in total. The maximum absolute atomic E-state index is 12.5. The second-order valence-electron chi connectivity index (χ2n) is 5.24. The first kappa shape index (κ1) is 15.6. The lowest BCUT2D eigenvalue weighted by Crippen LogP contribution is -2.30. The number of para-hydroxylation sites is 1. The highest BCUT2D eigenvalue weighted by molar-refractivity contribution is 6.05. The summed E-state index contributed by atoms with van der Waals surface area (Å²) in [6, 6.07) is 14.3. The Morgan fingerprint density at radius 3 is 2.54 bits per heavy atom. The van der Waals surface area contributed by atoms with Gasteiger partial charge in [-0.25, -0.2) is 9.78 Å². The van der Waals surface area contributed by atoms with Gasteiger partial charge in [0.2, 0.25) is 0 Å². The highest BCUT2D eigenvalue weighted by atomic mass is 16.5. The van der Waals surface area contributed by atoms with E-state index in [1.807, 2.05) is 12.1 Å². The van der Waals surface area contributed by atoms with E-state index in [1.54, 1.807) is 42.6 Å². The lowest BCUT2D eigenvalue weighted by molar-refractivity contribution is -0.125. The maximum Gasteiger partial charge on any atom is 0.339 e. The third kappa shape index (κ3) is 3.08. The summed E-state index contributed by atoms with van der Waals surface area (Å²) in [5, 5.41) is 0.638. The summed E-state index contributed by atoms with van der Waals surface area (Å²) in [4.78, 5) is 32.4. The van der Waals surface area contributed by atoms with Crippen LogP contribution >= 0.6 is 0 Å². The molecule has 1 amide bonds. The van der Waals surface area contributed by atoms with Crippen LogP contribution in [0.2, 0.25) is 0 Å². The third-order valence-electron chi connectivity index (χ3n) is 3.55. The van der Waals surface area contributed by atoms with Crippen molar-refractivity contribution in [3.8, 4) is 11.4 Å². The smallest absolute Gasteiger partial charge is 0.339 e. The van der Waals surface area contributed by atoms with E-state index in [9.17, 15) is 9.59 Å². The fourth-order valence-electron chi connectivity index (χ4n) is 2.27. The average molecular weight is 321 g/mol. The van der Waals surface area contributed by atoms with Crippen LogP contribution in [0.25, 0.3) is 22.3 Å². The molecule has 3 rings (SSSR count). The van der Waals surface area contributed by atoms with Crippen molar-refractivity contribution in [2.24, 2.45) is 5.73 Å². The Hall–Kier alpha value is -3.28. The number of ether oxygens (including phenoxy) is 1. The number of hydrogen-bond acceptors (Lipinski definition) is 5. The highest BCUT2D eigenvalue weighted by Crippen LogP contribution is 2.24. The number of rotatable bonds is 4. The molecule has 2 heterocycles. The molecule has 3 aromatic rings. The van der Waals surface area contributed by atoms with E-state index in [2.05, 4.69) is 9.97 Å². The lowest BCUT2D eigenvalue weighted by Gasteiger charge is -2.12. The summed E-state index contributed by atoms with van der Waals surface area (Å²) in [5.41, 5.74) is 7.30. The van der Waals surface area contributed by atoms with Crippen molar-refractivity contribution in [2.45, 2.75) is 13.0 Å². The van der Waals surface area contributed by atoms with Crippen LogP contribution in [0.1, 0.15) is 17.3 Å². The predicted octanol–water partition coefficient (Wildman–Crippen LogP) is 2.33. The third-order valence-corrected chi connectivity index (χ3v) is 3.55. The molecule has 120 valence electrons. The minimum atomic E-state index is -1.01. The average Bonchev–Trinajstić information content (AvgIpc) is 2.61. The van der Waals surface area contributed by atoms with Gasteiger partial charge in [-0.3, -0.25) is 9.78 Å². The summed E-state index contributed by atoms with van der Waals surface area (Å²) >= 11 is 0. The molecule has 0 aliphatic rings. The summed E-state index contributed by atoms with van der Waals surface area (Å²) < 4.78 is 5.14. The van der Waals surface area contributed by atoms with Crippen molar-refractivity contribution in [1.29, 1.82) is 0 Å². The van der Waals surface area contributed by atoms with Gasteiger partial charge in [0.25, 0.3) is 5.91 Å². The van der Waals surface area contributed by atoms with E-state index >= 15 is 0 Å². The van der Waals surface area contributed by atoms with E-state index in [4.69, 9.17) is 10.5 Å². The number of hydrogen-bond donors (Lipinski definition) is 1. The van der Waals surface area contributed by atoms with Gasteiger partial charge in [-0.15, -0.1) is 0 Å². The molecule has 24 heavy (non-hydrogen) atoms. The van der Waals surface area contributed by atoms with Gasteiger partial charge in [-0.05, 0) is 31.2 Å². The molecular formula is C18H15N3O3. The lowest BCUT2D eigenvalue weighted by atomic mass is 10.1. The number of primary amides is 1. The zero-order chi connectivity index (χ0) is 17.1. The number of esters is 1. The molecular weight excluding hydrogens is 306 g/mol. The largest absolute Gasteiger partial charge is 0.449 e. The molecule has 0 aliphatic heterocycles. The van der Waals surface area contributed by atoms with Crippen LogP contribution in [0.15, 0.2) is 54.7 Å². The Kier molecular flexibility index (Phi) is 4.20. The molecule has 0 unspecified atom stereocenters. The molecule has 0 bridgehead atoms. The van der Waals surface area contributed by atoms with E-state index < -0.39 is 18.0 Å². The van der Waals surface area contributed by atoms with Crippen LogP contribution in [0.3, 0.4) is 0 Å². The summed E-state index contributed by atoms with van der Waals surface area (Å²) in [6.45, 7) is 1.43. The van der Waals surface area contributed by atoms with E-state index in [-0.39, 0.29) is 0 Å². The van der Waals surface area contributed by atoms with Crippen molar-refractivity contribution >= 4 is 22.8 Å². The van der Waals surface area contributed by atoms with Crippen LogP contribution in [-0.2, 0) is 9.53 Å². The second kappa shape index (κ2) is 6.45. The molecule has 6 heteroatoms. The predicted molar refractivity (Wildman–Crippen MR) is 89.0 cm³/mol. The summed E-state index contributed by atoms with van der Waals surface area (Å²) in [7, 11) is 0. The van der Waals surface area contributed by atoms with Crippen LogP contribution in [0.4, 0.5) is 0 Å². The number of carbonyl (C=O) groups excluding carboxylic acids is 2. The molecule has 0 spiro atoms. The molecule has 0 fully saturated rings. The topological polar surface area (TPSA) is 95.2 Å². The Balaban J connectivity index is 2.11. The molecule has 0 aliphatic carbocycles. The standard InChI is InChI=1S/C18H15N3O3/c1-11(17(19)22)24-18(23)13-10-16(15-8-4-5-9-20-15)21-14-7-3-2-6-12(13)14/h2-11H,1H3,(H2,19,22)/t11-/m0/s1. The number of nitrogens with two attached hydrogens (primary N) is 1. The first-order valence-electron chi connectivity index (χ1n) is 7.38. The fourth-order valence-corrected chi connectivity index (χ4v) is 2.27. The monoisotopic (exact) mass is 321 g/mol. The van der Waals surface area contributed by atoms with Gasteiger partial charge in [0.1, 0.15) is 0 Å². The molecule has 0 saturated carbocycles. The van der Waals surface area contributed by atoms with Gasteiger partial charge in [-0.2, -0.15) is 0 Å². The quantitative estimate of drug-likeness (QED) is 0.744. The van der Waals surface area contributed by atoms with Crippen molar-refractivity contribution in [1.82, 2.24) is 9.97 Å². The van der Waals surface area contributed by atoms with Crippen molar-refractivity contribution in [3.63, 3.8) is 0 Å². The number of aromatic nitrogens is 2. The number of amides is 1.